The number of anilines is 1. The number of methoxy groups -OCH3 is 2. The molecule has 0 radical (unpaired) electrons. The second-order valence-corrected chi connectivity index (χ2v) is 8.77. The van der Waals surface area contributed by atoms with E-state index >= 15 is 0 Å². The maximum absolute atomic E-state index is 6.20. The highest BCUT2D eigenvalue weighted by atomic mass is 16.5. The third-order valence-corrected chi connectivity index (χ3v) is 6.19. The Hall–Kier alpha value is -2.05. The first-order chi connectivity index (χ1) is 14.6. The number of nitrogens with zero attached hydrogens (tertiary/aromatic N) is 2. The van der Waals surface area contributed by atoms with Gasteiger partial charge in [-0.25, -0.2) is 4.98 Å². The van der Waals surface area contributed by atoms with Crippen molar-refractivity contribution < 1.29 is 14.2 Å². The van der Waals surface area contributed by atoms with Crippen LogP contribution in [0.3, 0.4) is 0 Å². The minimum Gasteiger partial charge on any atom is -0.493 e. The van der Waals surface area contributed by atoms with Crippen molar-refractivity contribution in [1.82, 2.24) is 9.88 Å². The lowest BCUT2D eigenvalue weighted by molar-refractivity contribution is 0.0339. The van der Waals surface area contributed by atoms with E-state index in [4.69, 9.17) is 19.2 Å². The highest BCUT2D eigenvalue weighted by Crippen LogP contribution is 2.39. The maximum Gasteiger partial charge on any atom is 0.163 e. The van der Waals surface area contributed by atoms with Crippen LogP contribution < -0.4 is 14.8 Å². The first-order valence-corrected chi connectivity index (χ1v) is 11.3. The molecule has 1 saturated heterocycles. The summed E-state index contributed by atoms with van der Waals surface area (Å²) in [7, 11) is 3.46. The third-order valence-electron chi connectivity index (χ3n) is 6.19. The van der Waals surface area contributed by atoms with Crippen molar-refractivity contribution in [1.29, 1.82) is 0 Å². The predicted octanol–water partition coefficient (Wildman–Crippen LogP) is 4.04. The van der Waals surface area contributed by atoms with E-state index in [0.717, 1.165) is 55.3 Å². The molecule has 1 atom stereocenters. The lowest BCUT2D eigenvalue weighted by Gasteiger charge is -2.23. The molecule has 1 unspecified atom stereocenters. The monoisotopic (exact) mass is 413 g/mol. The van der Waals surface area contributed by atoms with E-state index in [1.165, 1.54) is 35.8 Å². The largest absolute Gasteiger partial charge is 0.493 e. The van der Waals surface area contributed by atoms with Gasteiger partial charge < -0.3 is 24.4 Å². The van der Waals surface area contributed by atoms with Crippen molar-refractivity contribution in [2.45, 2.75) is 58.1 Å². The van der Waals surface area contributed by atoms with Crippen LogP contribution in [0.5, 0.6) is 11.5 Å². The van der Waals surface area contributed by atoms with Crippen molar-refractivity contribution in [3.63, 3.8) is 0 Å². The van der Waals surface area contributed by atoms with Gasteiger partial charge in [0.1, 0.15) is 18.5 Å². The van der Waals surface area contributed by atoms with Crippen LogP contribution in [-0.4, -0.2) is 62.5 Å². The molecule has 30 heavy (non-hydrogen) atoms. The van der Waals surface area contributed by atoms with Gasteiger partial charge in [0.05, 0.1) is 12.6 Å². The SMILES string of the molecule is COc1cc2c3c(c(NC(C)C)nc2cc1OCC(CN1CCCC1)OC)CCC3. The highest BCUT2D eigenvalue weighted by Gasteiger charge is 2.23. The Morgan fingerprint density at radius 3 is 2.50 bits per heavy atom. The Morgan fingerprint density at radius 2 is 1.80 bits per heavy atom. The third kappa shape index (κ3) is 4.49. The van der Waals surface area contributed by atoms with E-state index in [0.29, 0.717) is 12.6 Å². The van der Waals surface area contributed by atoms with Crippen LogP contribution >= 0.6 is 0 Å². The quantitative estimate of drug-likeness (QED) is 0.670. The number of hydrogen-bond acceptors (Lipinski definition) is 6. The van der Waals surface area contributed by atoms with Crippen molar-refractivity contribution >= 4 is 16.7 Å². The predicted molar refractivity (Wildman–Crippen MR) is 121 cm³/mol. The molecule has 0 amide bonds. The summed E-state index contributed by atoms with van der Waals surface area (Å²) in [5.41, 5.74) is 3.72. The summed E-state index contributed by atoms with van der Waals surface area (Å²) in [6, 6.07) is 4.48. The highest BCUT2D eigenvalue weighted by molar-refractivity contribution is 5.89. The van der Waals surface area contributed by atoms with Crippen LogP contribution in [0.4, 0.5) is 5.82 Å². The number of hydrogen-bond donors (Lipinski definition) is 1. The molecular formula is C24H35N3O3. The van der Waals surface area contributed by atoms with E-state index < -0.39 is 0 Å². The van der Waals surface area contributed by atoms with Crippen LogP contribution in [0.1, 0.15) is 44.2 Å². The average Bonchev–Trinajstić information content (AvgIpc) is 3.42. The van der Waals surface area contributed by atoms with Gasteiger partial charge in [0.2, 0.25) is 0 Å². The summed E-state index contributed by atoms with van der Waals surface area (Å²) < 4.78 is 17.6. The van der Waals surface area contributed by atoms with Gasteiger partial charge in [0, 0.05) is 31.1 Å². The molecule has 1 aromatic carbocycles. The lowest BCUT2D eigenvalue weighted by Crippen LogP contribution is -2.35. The van der Waals surface area contributed by atoms with Gasteiger partial charge >= 0.3 is 0 Å². The zero-order valence-electron chi connectivity index (χ0n) is 18.8. The van der Waals surface area contributed by atoms with Crippen LogP contribution in [-0.2, 0) is 17.6 Å². The number of rotatable bonds is 9. The molecule has 164 valence electrons. The number of aryl methyl sites for hydroxylation is 1. The number of benzene rings is 1. The zero-order valence-corrected chi connectivity index (χ0v) is 18.8. The molecule has 0 saturated carbocycles. The Kier molecular flexibility index (Phi) is 6.64. The second kappa shape index (κ2) is 9.40. The molecule has 1 aliphatic carbocycles. The number of fused-ring (bicyclic) bond motifs is 3. The molecule has 1 aromatic heterocycles. The molecule has 0 spiro atoms. The fourth-order valence-electron chi connectivity index (χ4n) is 4.67. The van der Waals surface area contributed by atoms with Crippen molar-refractivity contribution in [2.24, 2.45) is 0 Å². The summed E-state index contributed by atoms with van der Waals surface area (Å²) in [6.45, 7) is 8.01. The normalized spacial score (nSPS) is 17.5. The minimum absolute atomic E-state index is 0.0367. The Labute approximate surface area is 179 Å². The van der Waals surface area contributed by atoms with Gasteiger partial charge in [0.25, 0.3) is 0 Å². The molecular weight excluding hydrogens is 378 g/mol. The van der Waals surface area contributed by atoms with Crippen LogP contribution in [0, 0.1) is 0 Å². The first kappa shape index (κ1) is 21.2. The van der Waals surface area contributed by atoms with Crippen molar-refractivity contribution in [3.8, 4) is 11.5 Å². The van der Waals surface area contributed by atoms with E-state index in [1.54, 1.807) is 14.2 Å². The van der Waals surface area contributed by atoms with Gasteiger partial charge in [-0.1, -0.05) is 0 Å². The molecule has 6 nitrogen and oxygen atoms in total. The lowest BCUT2D eigenvalue weighted by atomic mass is 10.0. The Bertz CT molecular complexity index is 878. The van der Waals surface area contributed by atoms with E-state index in [2.05, 4.69) is 30.1 Å². The standard InChI is InChI=1S/C24H35N3O3/c1-16(2)25-24-19-9-7-8-18(19)20-12-22(29-4)23(13-21(20)26-24)30-15-17(28-3)14-27-10-5-6-11-27/h12-13,16-17H,5-11,14-15H2,1-4H3,(H,25,26). The van der Waals surface area contributed by atoms with Crippen molar-refractivity contribution in [2.75, 3.05) is 45.8 Å². The zero-order chi connectivity index (χ0) is 21.1. The van der Waals surface area contributed by atoms with E-state index in [9.17, 15) is 0 Å². The van der Waals surface area contributed by atoms with Crippen LogP contribution in [0.25, 0.3) is 10.9 Å². The summed E-state index contributed by atoms with van der Waals surface area (Å²) in [5.74, 6) is 2.51. The molecule has 2 aromatic rings. The van der Waals surface area contributed by atoms with E-state index in [-0.39, 0.29) is 6.10 Å². The molecule has 6 heteroatoms. The van der Waals surface area contributed by atoms with Crippen molar-refractivity contribution in [3.05, 3.63) is 23.3 Å². The molecule has 1 N–H and O–H groups in total. The smallest absolute Gasteiger partial charge is 0.163 e. The van der Waals surface area contributed by atoms with Gasteiger partial charge in [-0.15, -0.1) is 0 Å². The van der Waals surface area contributed by atoms with Gasteiger partial charge in [-0.3, -0.25) is 0 Å². The molecule has 2 heterocycles. The van der Waals surface area contributed by atoms with Crippen LogP contribution in [0.15, 0.2) is 12.1 Å². The number of aromatic nitrogens is 1. The fourth-order valence-corrected chi connectivity index (χ4v) is 4.67. The molecule has 1 fully saturated rings. The van der Waals surface area contributed by atoms with E-state index in [1.807, 2.05) is 6.07 Å². The molecule has 2 aliphatic rings. The van der Waals surface area contributed by atoms with Crippen LogP contribution in [0.2, 0.25) is 0 Å². The van der Waals surface area contributed by atoms with Gasteiger partial charge in [0.15, 0.2) is 11.5 Å². The molecule has 1 aliphatic heterocycles. The number of pyridine rings is 1. The fraction of sp³-hybridized carbons (Fsp3) is 0.625. The molecule has 4 rings (SSSR count). The van der Waals surface area contributed by atoms with Gasteiger partial charge in [-0.2, -0.15) is 0 Å². The molecule has 0 bridgehead atoms. The number of likely N-dealkylation sites (tertiary alicyclic amines) is 1. The average molecular weight is 414 g/mol. The summed E-state index contributed by atoms with van der Waals surface area (Å²) >= 11 is 0. The minimum atomic E-state index is 0.0367. The summed E-state index contributed by atoms with van der Waals surface area (Å²) in [5, 5.41) is 4.72. The number of ether oxygens (including phenoxy) is 3. The topological polar surface area (TPSA) is 55.8 Å². The Morgan fingerprint density at radius 1 is 1.03 bits per heavy atom. The summed E-state index contributed by atoms with van der Waals surface area (Å²) in [4.78, 5) is 7.42. The first-order valence-electron chi connectivity index (χ1n) is 11.3. The Balaban J connectivity index is 1.60. The van der Waals surface area contributed by atoms with Gasteiger partial charge in [-0.05, 0) is 76.2 Å². The summed E-state index contributed by atoms with van der Waals surface area (Å²) in [6.07, 6.45) is 5.94. The second-order valence-electron chi connectivity index (χ2n) is 8.77. The number of nitrogens with one attached hydrogen (secondary N) is 1. The maximum atomic E-state index is 6.20.